The number of carbonyl (C=O) groups is 1. The number of nitrogens with zero attached hydrogens (tertiary/aromatic N) is 3. The fourth-order valence-corrected chi connectivity index (χ4v) is 4.82. The molecule has 0 amide bonds. The van der Waals surface area contributed by atoms with Crippen LogP contribution in [0.5, 0.6) is 5.75 Å². The lowest BCUT2D eigenvalue weighted by atomic mass is 10.1. The van der Waals surface area contributed by atoms with Gasteiger partial charge in [0.25, 0.3) is 0 Å². The summed E-state index contributed by atoms with van der Waals surface area (Å²) >= 11 is 7.86. The van der Waals surface area contributed by atoms with Crippen LogP contribution in [-0.4, -0.2) is 33.4 Å². The van der Waals surface area contributed by atoms with Gasteiger partial charge in [0.05, 0.1) is 17.9 Å². The number of hydrogen-bond acceptors (Lipinski definition) is 5. The predicted octanol–water partition coefficient (Wildman–Crippen LogP) is 5.70. The Hall–Kier alpha value is -2.31. The highest BCUT2D eigenvalue weighted by atomic mass is 35.5. The topological polar surface area (TPSA) is 57.0 Å². The lowest BCUT2D eigenvalue weighted by Gasteiger charge is -2.17. The van der Waals surface area contributed by atoms with Crippen molar-refractivity contribution in [1.82, 2.24) is 14.8 Å². The van der Waals surface area contributed by atoms with Crippen LogP contribution in [-0.2, 0) is 0 Å². The maximum Gasteiger partial charge on any atom is 0.192 e. The van der Waals surface area contributed by atoms with E-state index in [4.69, 9.17) is 16.3 Å². The molecule has 5 nitrogen and oxygen atoms in total. The number of methoxy groups -OCH3 is 1. The van der Waals surface area contributed by atoms with Gasteiger partial charge in [-0.25, -0.2) is 0 Å². The molecule has 0 aliphatic heterocycles. The van der Waals surface area contributed by atoms with Gasteiger partial charge in [0.1, 0.15) is 5.75 Å². The summed E-state index contributed by atoms with van der Waals surface area (Å²) in [5.74, 6) is 1.78. The van der Waals surface area contributed by atoms with Gasteiger partial charge in [0.2, 0.25) is 0 Å². The zero-order chi connectivity index (χ0) is 20.2. The van der Waals surface area contributed by atoms with Crippen LogP contribution >= 0.6 is 23.4 Å². The van der Waals surface area contributed by atoms with Crippen molar-refractivity contribution in [2.75, 3.05) is 12.9 Å². The number of ether oxygens (including phenoxy) is 1. The molecule has 1 aliphatic rings. The van der Waals surface area contributed by atoms with Crippen molar-refractivity contribution in [3.63, 3.8) is 0 Å². The average molecular weight is 428 g/mol. The number of benzene rings is 2. The smallest absolute Gasteiger partial charge is 0.192 e. The van der Waals surface area contributed by atoms with Gasteiger partial charge < -0.3 is 4.74 Å². The largest absolute Gasteiger partial charge is 0.497 e. The van der Waals surface area contributed by atoms with Gasteiger partial charge in [-0.2, -0.15) is 0 Å². The predicted molar refractivity (Wildman–Crippen MR) is 116 cm³/mol. The first-order valence-corrected chi connectivity index (χ1v) is 11.0. The van der Waals surface area contributed by atoms with Crippen LogP contribution in [0.25, 0.3) is 11.4 Å². The van der Waals surface area contributed by atoms with E-state index in [1.165, 1.54) is 24.6 Å². The van der Waals surface area contributed by atoms with E-state index in [1.807, 2.05) is 42.5 Å². The summed E-state index contributed by atoms with van der Waals surface area (Å²) in [6, 6.07) is 15.3. The van der Waals surface area contributed by atoms with Crippen LogP contribution in [0.2, 0.25) is 5.02 Å². The van der Waals surface area contributed by atoms with Crippen molar-refractivity contribution in [3.8, 4) is 17.1 Å². The number of ketones is 1. The summed E-state index contributed by atoms with van der Waals surface area (Å²) in [6.07, 6.45) is 4.56. The molecule has 4 rings (SSSR count). The first-order chi connectivity index (χ1) is 14.2. The van der Waals surface area contributed by atoms with Gasteiger partial charge in [-0.15, -0.1) is 10.2 Å². The molecule has 1 saturated carbocycles. The summed E-state index contributed by atoms with van der Waals surface area (Å²) in [5, 5.41) is 10.3. The van der Waals surface area contributed by atoms with Crippen molar-refractivity contribution < 1.29 is 9.53 Å². The first-order valence-electron chi connectivity index (χ1n) is 9.67. The fourth-order valence-electron chi connectivity index (χ4n) is 3.70. The van der Waals surface area contributed by atoms with Crippen LogP contribution in [0.3, 0.4) is 0 Å². The van der Waals surface area contributed by atoms with E-state index in [0.29, 0.717) is 28.1 Å². The fraction of sp³-hybridized carbons (Fsp3) is 0.318. The van der Waals surface area contributed by atoms with Gasteiger partial charge in [-0.3, -0.25) is 9.36 Å². The van der Waals surface area contributed by atoms with Gasteiger partial charge in [0, 0.05) is 17.2 Å². The highest BCUT2D eigenvalue weighted by molar-refractivity contribution is 7.99. The van der Waals surface area contributed by atoms with E-state index in [0.717, 1.165) is 29.4 Å². The highest BCUT2D eigenvalue weighted by Gasteiger charge is 2.26. The molecule has 1 heterocycles. The molecular weight excluding hydrogens is 406 g/mol. The van der Waals surface area contributed by atoms with Crippen LogP contribution < -0.4 is 4.74 Å². The number of carbonyl (C=O) groups excluding carboxylic acids is 1. The second-order valence-electron chi connectivity index (χ2n) is 7.04. The van der Waals surface area contributed by atoms with E-state index in [1.54, 1.807) is 13.2 Å². The van der Waals surface area contributed by atoms with Crippen molar-refractivity contribution in [1.29, 1.82) is 0 Å². The van der Waals surface area contributed by atoms with Crippen LogP contribution in [0, 0.1) is 0 Å². The van der Waals surface area contributed by atoms with Crippen molar-refractivity contribution in [3.05, 3.63) is 59.1 Å². The quantitative estimate of drug-likeness (QED) is 0.357. The Morgan fingerprint density at radius 1 is 1.17 bits per heavy atom. The van der Waals surface area contributed by atoms with Crippen LogP contribution in [0.4, 0.5) is 0 Å². The zero-order valence-corrected chi connectivity index (χ0v) is 17.7. The zero-order valence-electron chi connectivity index (χ0n) is 16.2. The molecule has 7 heteroatoms. The summed E-state index contributed by atoms with van der Waals surface area (Å²) in [6.45, 7) is 0. The minimum absolute atomic E-state index is 0.0363. The molecule has 0 radical (unpaired) electrons. The third-order valence-electron chi connectivity index (χ3n) is 5.19. The van der Waals surface area contributed by atoms with Crippen LogP contribution in [0.15, 0.2) is 53.7 Å². The molecule has 150 valence electrons. The third kappa shape index (κ3) is 4.33. The number of rotatable bonds is 7. The molecule has 0 unspecified atom stereocenters. The normalized spacial score (nSPS) is 14.3. The molecule has 3 aromatic rings. The Balaban J connectivity index is 1.60. The molecule has 29 heavy (non-hydrogen) atoms. The Bertz CT molecular complexity index is 1010. The van der Waals surface area contributed by atoms with Gasteiger partial charge in [0.15, 0.2) is 16.8 Å². The first kappa shape index (κ1) is 20.0. The molecular formula is C22H22ClN3O2S. The lowest BCUT2D eigenvalue weighted by molar-refractivity contribution is 0.102. The maximum absolute atomic E-state index is 12.7. The Morgan fingerprint density at radius 3 is 2.72 bits per heavy atom. The average Bonchev–Trinajstić information content (AvgIpc) is 3.42. The number of thioether (sulfide) groups is 1. The van der Waals surface area contributed by atoms with Crippen molar-refractivity contribution in [2.24, 2.45) is 0 Å². The molecule has 0 spiro atoms. The third-order valence-corrected chi connectivity index (χ3v) is 6.47. The molecule has 1 aromatic heterocycles. The second kappa shape index (κ2) is 9.01. The van der Waals surface area contributed by atoms with Crippen molar-refractivity contribution in [2.45, 2.75) is 36.9 Å². The Kier molecular flexibility index (Phi) is 6.21. The number of Topliss-reactive ketones (excluding diaryl/α,β-unsaturated/α-hetero) is 1. The Morgan fingerprint density at radius 2 is 1.97 bits per heavy atom. The molecule has 0 saturated heterocycles. The minimum atomic E-state index is 0.0363. The maximum atomic E-state index is 12.7. The van der Waals surface area contributed by atoms with E-state index in [2.05, 4.69) is 14.8 Å². The molecule has 0 atom stereocenters. The van der Waals surface area contributed by atoms with E-state index >= 15 is 0 Å². The summed E-state index contributed by atoms with van der Waals surface area (Å²) < 4.78 is 7.40. The molecule has 0 bridgehead atoms. The molecule has 2 aromatic carbocycles. The summed E-state index contributed by atoms with van der Waals surface area (Å²) in [4.78, 5) is 12.7. The van der Waals surface area contributed by atoms with Crippen molar-refractivity contribution >= 4 is 29.1 Å². The molecule has 1 aliphatic carbocycles. The van der Waals surface area contributed by atoms with E-state index in [9.17, 15) is 4.79 Å². The number of halogens is 1. The standard InChI is InChI=1S/C22H22ClN3O2S/c1-28-17-10-6-7-15(13-17)20(27)14-29-22-25-24-21(18-11-4-5-12-19(18)23)26(22)16-8-2-3-9-16/h4-7,10-13,16H,2-3,8-9,14H2,1H3. The van der Waals surface area contributed by atoms with Gasteiger partial charge >= 0.3 is 0 Å². The van der Waals surface area contributed by atoms with Crippen LogP contribution in [0.1, 0.15) is 42.1 Å². The summed E-state index contributed by atoms with van der Waals surface area (Å²) in [7, 11) is 1.60. The molecule has 0 N–H and O–H groups in total. The molecule has 1 fully saturated rings. The Labute approximate surface area is 179 Å². The van der Waals surface area contributed by atoms with Gasteiger partial charge in [-0.05, 0) is 37.1 Å². The van der Waals surface area contributed by atoms with E-state index in [-0.39, 0.29) is 5.78 Å². The monoisotopic (exact) mass is 427 g/mol. The number of hydrogen-bond donors (Lipinski definition) is 0. The SMILES string of the molecule is COc1cccc(C(=O)CSc2nnc(-c3ccccc3Cl)n2C2CCCC2)c1. The number of aromatic nitrogens is 3. The lowest BCUT2D eigenvalue weighted by Crippen LogP contribution is -2.10. The minimum Gasteiger partial charge on any atom is -0.497 e. The summed E-state index contributed by atoms with van der Waals surface area (Å²) in [5.41, 5.74) is 1.51. The second-order valence-corrected chi connectivity index (χ2v) is 8.39. The highest BCUT2D eigenvalue weighted by Crippen LogP contribution is 2.38. The van der Waals surface area contributed by atoms with E-state index < -0.39 is 0 Å². The van der Waals surface area contributed by atoms with Gasteiger partial charge in [-0.1, -0.05) is 60.5 Å².